The van der Waals surface area contributed by atoms with Crippen molar-refractivity contribution in [2.24, 2.45) is 7.05 Å². The molecule has 0 saturated carbocycles. The molecule has 31 heavy (non-hydrogen) atoms. The third-order valence-electron chi connectivity index (χ3n) is 5.76. The standard InChI is InChI=1S/C22H22F3N5S/c1-28-5-4-16-3-2-15(10-19(16)28)13-29-6-8-30(9-7-29)20-18-11-17(12-22(23,24)25)31-21(18)27-14-26-20/h2-5,10-11,14H,6-9,12-13H2,1H3. The number of alkyl halides is 3. The fourth-order valence-corrected chi connectivity index (χ4v) is 5.23. The van der Waals surface area contributed by atoms with Gasteiger partial charge in [0.25, 0.3) is 0 Å². The Bertz CT molecular complexity index is 1220. The van der Waals surface area contributed by atoms with Gasteiger partial charge in [0.15, 0.2) is 0 Å². The van der Waals surface area contributed by atoms with Crippen molar-refractivity contribution in [2.45, 2.75) is 19.1 Å². The largest absolute Gasteiger partial charge is 0.393 e. The van der Waals surface area contributed by atoms with Gasteiger partial charge in [-0.15, -0.1) is 11.3 Å². The fourth-order valence-electron chi connectivity index (χ4n) is 4.21. The lowest BCUT2D eigenvalue weighted by Gasteiger charge is -2.35. The molecule has 4 aromatic rings. The third-order valence-corrected chi connectivity index (χ3v) is 6.81. The molecule has 4 heterocycles. The van der Waals surface area contributed by atoms with Gasteiger partial charge in [0.2, 0.25) is 0 Å². The summed E-state index contributed by atoms with van der Waals surface area (Å²) < 4.78 is 40.5. The minimum atomic E-state index is -4.22. The van der Waals surface area contributed by atoms with E-state index in [2.05, 4.69) is 61.8 Å². The van der Waals surface area contributed by atoms with Crippen molar-refractivity contribution in [3.05, 3.63) is 53.3 Å². The zero-order valence-electron chi connectivity index (χ0n) is 17.1. The molecule has 0 N–H and O–H groups in total. The lowest BCUT2D eigenvalue weighted by Crippen LogP contribution is -2.46. The maximum Gasteiger partial charge on any atom is 0.393 e. The summed E-state index contributed by atoms with van der Waals surface area (Å²) in [5, 5.41) is 1.96. The molecule has 9 heteroatoms. The summed E-state index contributed by atoms with van der Waals surface area (Å²) in [6.45, 7) is 4.18. The summed E-state index contributed by atoms with van der Waals surface area (Å²) in [6, 6.07) is 10.3. The van der Waals surface area contributed by atoms with Crippen molar-refractivity contribution < 1.29 is 13.2 Å². The number of halogens is 3. The Morgan fingerprint density at radius 2 is 1.84 bits per heavy atom. The van der Waals surface area contributed by atoms with Gasteiger partial charge in [0.1, 0.15) is 17.0 Å². The number of fused-ring (bicyclic) bond motifs is 2. The first-order valence-corrected chi connectivity index (χ1v) is 11.0. The molecule has 1 saturated heterocycles. The van der Waals surface area contributed by atoms with E-state index in [0.717, 1.165) is 49.9 Å². The van der Waals surface area contributed by atoms with Crippen LogP contribution in [-0.2, 0) is 20.0 Å². The summed E-state index contributed by atoms with van der Waals surface area (Å²) in [6.07, 6.45) is -1.62. The van der Waals surface area contributed by atoms with E-state index in [4.69, 9.17) is 0 Å². The van der Waals surface area contributed by atoms with Crippen molar-refractivity contribution in [1.29, 1.82) is 0 Å². The smallest absolute Gasteiger partial charge is 0.353 e. The van der Waals surface area contributed by atoms with Gasteiger partial charge in [-0.3, -0.25) is 4.90 Å². The van der Waals surface area contributed by atoms with Crippen molar-refractivity contribution in [3.63, 3.8) is 0 Å². The first-order valence-electron chi connectivity index (χ1n) is 10.2. The summed E-state index contributed by atoms with van der Waals surface area (Å²) >= 11 is 1.10. The predicted molar refractivity (Wildman–Crippen MR) is 118 cm³/mol. The minimum absolute atomic E-state index is 0.277. The van der Waals surface area contributed by atoms with Crippen LogP contribution in [0.25, 0.3) is 21.1 Å². The summed E-state index contributed by atoms with van der Waals surface area (Å²) in [5.74, 6) is 0.736. The van der Waals surface area contributed by atoms with Crippen LogP contribution in [-0.4, -0.2) is 51.8 Å². The third kappa shape index (κ3) is 4.24. The van der Waals surface area contributed by atoms with E-state index in [1.807, 2.05) is 0 Å². The van der Waals surface area contributed by atoms with Crippen LogP contribution in [0.5, 0.6) is 0 Å². The normalized spacial score (nSPS) is 15.9. The predicted octanol–water partition coefficient (Wildman–Crippen LogP) is 4.61. The topological polar surface area (TPSA) is 37.2 Å². The number of nitrogens with zero attached hydrogens (tertiary/aromatic N) is 5. The minimum Gasteiger partial charge on any atom is -0.353 e. The van der Waals surface area contributed by atoms with Gasteiger partial charge in [-0.25, -0.2) is 9.97 Å². The number of hydrogen-bond donors (Lipinski definition) is 0. The monoisotopic (exact) mass is 445 g/mol. The molecule has 1 aliphatic rings. The van der Waals surface area contributed by atoms with E-state index < -0.39 is 12.6 Å². The van der Waals surface area contributed by atoms with Crippen LogP contribution < -0.4 is 4.90 Å². The summed E-state index contributed by atoms with van der Waals surface area (Å²) in [5.41, 5.74) is 2.51. The van der Waals surface area contributed by atoms with E-state index in [0.29, 0.717) is 10.2 Å². The zero-order chi connectivity index (χ0) is 21.6. The molecule has 5 rings (SSSR count). The van der Waals surface area contributed by atoms with Crippen molar-refractivity contribution in [1.82, 2.24) is 19.4 Å². The molecule has 3 aromatic heterocycles. The van der Waals surface area contributed by atoms with Crippen LogP contribution in [0.15, 0.2) is 42.9 Å². The Morgan fingerprint density at radius 1 is 1.03 bits per heavy atom. The molecule has 0 amide bonds. The SMILES string of the molecule is Cn1ccc2ccc(CN3CCN(c4ncnc5sc(CC(F)(F)F)cc45)CC3)cc21. The molecule has 0 spiro atoms. The quantitative estimate of drug-likeness (QED) is 0.460. The summed E-state index contributed by atoms with van der Waals surface area (Å²) in [7, 11) is 2.05. The van der Waals surface area contributed by atoms with E-state index in [1.165, 1.54) is 22.8 Å². The number of aromatic nitrogens is 3. The van der Waals surface area contributed by atoms with E-state index in [-0.39, 0.29) is 4.88 Å². The molecule has 1 aromatic carbocycles. The highest BCUT2D eigenvalue weighted by molar-refractivity contribution is 7.18. The highest BCUT2D eigenvalue weighted by Crippen LogP contribution is 2.34. The fraction of sp³-hybridized carbons (Fsp3) is 0.364. The lowest BCUT2D eigenvalue weighted by molar-refractivity contribution is -0.126. The van der Waals surface area contributed by atoms with Gasteiger partial charge in [-0.1, -0.05) is 12.1 Å². The lowest BCUT2D eigenvalue weighted by atomic mass is 10.1. The Morgan fingerprint density at radius 3 is 2.61 bits per heavy atom. The van der Waals surface area contributed by atoms with Crippen LogP contribution >= 0.6 is 11.3 Å². The number of benzene rings is 1. The van der Waals surface area contributed by atoms with E-state index >= 15 is 0 Å². The molecule has 0 atom stereocenters. The second-order valence-corrected chi connectivity index (χ2v) is 9.12. The van der Waals surface area contributed by atoms with Crippen LogP contribution in [0, 0.1) is 0 Å². The van der Waals surface area contributed by atoms with Gasteiger partial charge in [0, 0.05) is 56.4 Å². The van der Waals surface area contributed by atoms with Crippen molar-refractivity contribution >= 4 is 38.3 Å². The van der Waals surface area contributed by atoms with Gasteiger partial charge in [0.05, 0.1) is 11.8 Å². The van der Waals surface area contributed by atoms with Gasteiger partial charge >= 0.3 is 6.18 Å². The zero-order valence-corrected chi connectivity index (χ0v) is 17.9. The van der Waals surface area contributed by atoms with Crippen molar-refractivity contribution in [2.75, 3.05) is 31.1 Å². The molecule has 0 radical (unpaired) electrons. The molecule has 1 fully saturated rings. The van der Waals surface area contributed by atoms with Crippen LogP contribution in [0.3, 0.4) is 0 Å². The Kier molecular flexibility index (Phi) is 5.10. The number of piperazine rings is 1. The maximum atomic E-state index is 12.8. The average molecular weight is 446 g/mol. The molecule has 0 aliphatic carbocycles. The highest BCUT2D eigenvalue weighted by Gasteiger charge is 2.29. The Labute approximate surface area is 181 Å². The number of aryl methyl sites for hydroxylation is 1. The average Bonchev–Trinajstić information content (AvgIpc) is 3.30. The van der Waals surface area contributed by atoms with E-state index in [1.54, 1.807) is 6.07 Å². The molecular weight excluding hydrogens is 423 g/mol. The number of anilines is 1. The molecular formula is C22H22F3N5S. The van der Waals surface area contributed by atoms with Crippen LogP contribution in [0.2, 0.25) is 0 Å². The van der Waals surface area contributed by atoms with Gasteiger partial charge in [-0.05, 0) is 29.1 Å². The van der Waals surface area contributed by atoms with Crippen LogP contribution in [0.1, 0.15) is 10.4 Å². The maximum absolute atomic E-state index is 12.8. The van der Waals surface area contributed by atoms with Crippen LogP contribution in [0.4, 0.5) is 19.0 Å². The van der Waals surface area contributed by atoms with Crippen molar-refractivity contribution in [3.8, 4) is 0 Å². The Hall–Kier alpha value is -2.65. The first-order chi connectivity index (χ1) is 14.9. The second-order valence-electron chi connectivity index (χ2n) is 8.00. The number of thiophene rings is 1. The first kappa shape index (κ1) is 20.3. The Balaban J connectivity index is 1.28. The number of hydrogen-bond acceptors (Lipinski definition) is 5. The molecule has 5 nitrogen and oxygen atoms in total. The molecule has 0 unspecified atom stereocenters. The van der Waals surface area contributed by atoms with Gasteiger partial charge < -0.3 is 9.47 Å². The molecule has 162 valence electrons. The summed E-state index contributed by atoms with van der Waals surface area (Å²) in [4.78, 5) is 14.0. The second kappa shape index (κ2) is 7.80. The van der Waals surface area contributed by atoms with Gasteiger partial charge in [-0.2, -0.15) is 13.2 Å². The molecule has 0 bridgehead atoms. The molecule has 1 aliphatic heterocycles. The number of rotatable bonds is 4. The highest BCUT2D eigenvalue weighted by atomic mass is 32.1. The van der Waals surface area contributed by atoms with E-state index in [9.17, 15) is 13.2 Å².